The zero-order valence-electron chi connectivity index (χ0n) is 8.38. The molecular formula is C8H17F3N2O. The van der Waals surface area contributed by atoms with Gasteiger partial charge in [0.1, 0.15) is 6.04 Å². The lowest BCUT2D eigenvalue weighted by atomic mass is 10.1. The highest BCUT2D eigenvalue weighted by Crippen LogP contribution is 2.26. The number of hydrogen-bond donors (Lipinski definition) is 2. The molecule has 0 heterocycles. The average Bonchev–Trinajstić information content (AvgIpc) is 2.00. The Bertz CT molecular complexity index is 161. The van der Waals surface area contributed by atoms with Crippen molar-refractivity contribution < 1.29 is 18.3 Å². The van der Waals surface area contributed by atoms with Crippen molar-refractivity contribution in [1.82, 2.24) is 4.90 Å². The molecule has 0 aliphatic carbocycles. The summed E-state index contributed by atoms with van der Waals surface area (Å²) in [5, 5.41) is 8.61. The number of rotatable bonds is 5. The minimum absolute atomic E-state index is 0.0117. The quantitative estimate of drug-likeness (QED) is 0.703. The van der Waals surface area contributed by atoms with E-state index in [0.717, 1.165) is 4.90 Å². The van der Waals surface area contributed by atoms with E-state index in [1.165, 1.54) is 6.92 Å². The molecule has 0 bridgehead atoms. The number of likely N-dealkylation sites (N-methyl/N-ethyl adjacent to an activating group) is 1. The second-order valence-electron chi connectivity index (χ2n) is 3.20. The van der Waals surface area contributed by atoms with Gasteiger partial charge in [0, 0.05) is 12.6 Å². The van der Waals surface area contributed by atoms with Crippen molar-refractivity contribution in [2.75, 3.05) is 19.7 Å². The third kappa shape index (κ3) is 3.81. The molecule has 0 aromatic rings. The van der Waals surface area contributed by atoms with E-state index >= 15 is 0 Å². The molecule has 0 rings (SSSR count). The first-order valence-electron chi connectivity index (χ1n) is 4.51. The van der Waals surface area contributed by atoms with Gasteiger partial charge in [-0.3, -0.25) is 4.90 Å². The molecule has 2 atom stereocenters. The average molecular weight is 214 g/mol. The molecule has 86 valence electrons. The van der Waals surface area contributed by atoms with Crippen LogP contribution in [-0.2, 0) is 0 Å². The van der Waals surface area contributed by atoms with Crippen molar-refractivity contribution >= 4 is 0 Å². The van der Waals surface area contributed by atoms with E-state index in [0.29, 0.717) is 0 Å². The fraction of sp³-hybridized carbons (Fsp3) is 1.00. The zero-order chi connectivity index (χ0) is 11.4. The highest BCUT2D eigenvalue weighted by molar-refractivity contribution is 4.85. The molecule has 14 heavy (non-hydrogen) atoms. The number of hydrogen-bond acceptors (Lipinski definition) is 3. The zero-order valence-corrected chi connectivity index (χ0v) is 8.38. The van der Waals surface area contributed by atoms with Crippen LogP contribution in [-0.4, -0.2) is 48.0 Å². The second kappa shape index (κ2) is 5.53. The first kappa shape index (κ1) is 13.7. The Morgan fingerprint density at radius 1 is 1.43 bits per heavy atom. The molecule has 0 spiro atoms. The maximum Gasteiger partial charge on any atom is 0.405 e. The molecule has 0 aliphatic rings. The summed E-state index contributed by atoms with van der Waals surface area (Å²) < 4.78 is 37.6. The fourth-order valence-corrected chi connectivity index (χ4v) is 1.46. The van der Waals surface area contributed by atoms with Crippen LogP contribution in [0.2, 0.25) is 0 Å². The van der Waals surface area contributed by atoms with E-state index in [1.54, 1.807) is 6.92 Å². The predicted octanol–water partition coefficient (Wildman–Crippen LogP) is 0.579. The lowest BCUT2D eigenvalue weighted by Gasteiger charge is -2.34. The van der Waals surface area contributed by atoms with Gasteiger partial charge in [-0.1, -0.05) is 6.92 Å². The minimum atomic E-state index is -4.35. The summed E-state index contributed by atoms with van der Waals surface area (Å²) in [6, 6.07) is -2.68. The molecule has 0 saturated heterocycles. The third-order valence-electron chi connectivity index (χ3n) is 2.02. The van der Waals surface area contributed by atoms with Crippen LogP contribution in [0, 0.1) is 0 Å². The van der Waals surface area contributed by atoms with Gasteiger partial charge in [-0.2, -0.15) is 13.2 Å². The summed E-state index contributed by atoms with van der Waals surface area (Å²) in [7, 11) is 0. The molecule has 6 heteroatoms. The van der Waals surface area contributed by atoms with E-state index in [-0.39, 0.29) is 19.7 Å². The fourth-order valence-electron chi connectivity index (χ4n) is 1.46. The predicted molar refractivity (Wildman–Crippen MR) is 47.8 cm³/mol. The Balaban J connectivity index is 4.61. The van der Waals surface area contributed by atoms with E-state index in [2.05, 4.69) is 0 Å². The van der Waals surface area contributed by atoms with Crippen molar-refractivity contribution in [3.63, 3.8) is 0 Å². The van der Waals surface area contributed by atoms with Crippen LogP contribution in [0.1, 0.15) is 13.8 Å². The van der Waals surface area contributed by atoms with Gasteiger partial charge in [-0.05, 0) is 13.5 Å². The molecular weight excluding hydrogens is 197 g/mol. The van der Waals surface area contributed by atoms with Crippen molar-refractivity contribution in [2.45, 2.75) is 32.1 Å². The van der Waals surface area contributed by atoms with Crippen molar-refractivity contribution in [2.24, 2.45) is 5.73 Å². The first-order chi connectivity index (χ1) is 6.34. The third-order valence-corrected chi connectivity index (χ3v) is 2.02. The number of aliphatic hydroxyl groups is 1. The number of alkyl halides is 3. The molecule has 0 aromatic carbocycles. The minimum Gasteiger partial charge on any atom is -0.395 e. The van der Waals surface area contributed by atoms with Crippen LogP contribution in [0.4, 0.5) is 13.2 Å². The first-order valence-corrected chi connectivity index (χ1v) is 4.51. The van der Waals surface area contributed by atoms with Crippen LogP contribution in [0.25, 0.3) is 0 Å². The van der Waals surface area contributed by atoms with Crippen LogP contribution in [0.3, 0.4) is 0 Å². The van der Waals surface area contributed by atoms with Gasteiger partial charge in [0.25, 0.3) is 0 Å². The van der Waals surface area contributed by atoms with Gasteiger partial charge in [0.2, 0.25) is 0 Å². The Labute approximate surface area is 81.7 Å². The maximum absolute atomic E-state index is 12.5. The number of nitrogens with zero attached hydrogens (tertiary/aromatic N) is 1. The van der Waals surface area contributed by atoms with Gasteiger partial charge < -0.3 is 10.8 Å². The lowest BCUT2D eigenvalue weighted by molar-refractivity contribution is -0.188. The Hall–Kier alpha value is -0.330. The van der Waals surface area contributed by atoms with E-state index < -0.39 is 18.3 Å². The van der Waals surface area contributed by atoms with Crippen LogP contribution in [0.5, 0.6) is 0 Å². The molecule has 0 saturated carbocycles. The molecule has 3 N–H and O–H groups in total. The van der Waals surface area contributed by atoms with E-state index in [4.69, 9.17) is 10.8 Å². The van der Waals surface area contributed by atoms with Crippen molar-refractivity contribution in [1.29, 1.82) is 0 Å². The summed E-state index contributed by atoms with van der Waals surface area (Å²) in [5.41, 5.74) is 5.29. The van der Waals surface area contributed by atoms with Gasteiger partial charge in [0.05, 0.1) is 6.61 Å². The number of halogens is 3. The van der Waals surface area contributed by atoms with Crippen molar-refractivity contribution in [3.8, 4) is 0 Å². The molecule has 0 fully saturated rings. The largest absolute Gasteiger partial charge is 0.405 e. The summed E-state index contributed by atoms with van der Waals surface area (Å²) in [4.78, 5) is 1.13. The molecule has 0 amide bonds. The maximum atomic E-state index is 12.5. The molecule has 3 nitrogen and oxygen atoms in total. The van der Waals surface area contributed by atoms with Crippen LogP contribution in [0.15, 0.2) is 0 Å². The van der Waals surface area contributed by atoms with Crippen molar-refractivity contribution in [3.05, 3.63) is 0 Å². The molecule has 2 unspecified atom stereocenters. The SMILES string of the molecule is CCN(CCO)C(C(C)N)C(F)(F)F. The Morgan fingerprint density at radius 3 is 2.14 bits per heavy atom. The number of aliphatic hydroxyl groups excluding tert-OH is 1. The summed E-state index contributed by atoms with van der Waals surface area (Å²) >= 11 is 0. The van der Waals surface area contributed by atoms with Gasteiger partial charge in [-0.25, -0.2) is 0 Å². The number of nitrogens with two attached hydrogens (primary N) is 1. The van der Waals surface area contributed by atoms with Crippen LogP contribution < -0.4 is 5.73 Å². The monoisotopic (exact) mass is 214 g/mol. The van der Waals surface area contributed by atoms with E-state index in [9.17, 15) is 13.2 Å². The van der Waals surface area contributed by atoms with Crippen LogP contribution >= 0.6 is 0 Å². The molecule has 0 aliphatic heterocycles. The normalized spacial score (nSPS) is 17.1. The lowest BCUT2D eigenvalue weighted by Crippen LogP contribution is -2.55. The van der Waals surface area contributed by atoms with Gasteiger partial charge >= 0.3 is 6.18 Å². The van der Waals surface area contributed by atoms with E-state index in [1.807, 2.05) is 0 Å². The Kier molecular flexibility index (Phi) is 5.40. The molecule has 0 radical (unpaired) electrons. The second-order valence-corrected chi connectivity index (χ2v) is 3.20. The summed E-state index contributed by atoms with van der Waals surface area (Å²) in [6.07, 6.45) is -4.35. The molecule has 0 aromatic heterocycles. The summed E-state index contributed by atoms with van der Waals surface area (Å²) in [6.45, 7) is 2.83. The summed E-state index contributed by atoms with van der Waals surface area (Å²) in [5.74, 6) is 0. The highest BCUT2D eigenvalue weighted by atomic mass is 19.4. The highest BCUT2D eigenvalue weighted by Gasteiger charge is 2.45. The topological polar surface area (TPSA) is 49.5 Å². The van der Waals surface area contributed by atoms with Gasteiger partial charge in [-0.15, -0.1) is 0 Å². The standard InChI is InChI=1S/C8H17F3N2O/c1-3-13(4-5-14)7(6(2)12)8(9,10)11/h6-7,14H,3-5,12H2,1-2H3. The van der Waals surface area contributed by atoms with Gasteiger partial charge in [0.15, 0.2) is 0 Å². The smallest absolute Gasteiger partial charge is 0.395 e. The Morgan fingerprint density at radius 2 is 1.93 bits per heavy atom.